The average Bonchev–Trinajstić information content (AvgIpc) is 3.11. The summed E-state index contributed by atoms with van der Waals surface area (Å²) in [5.74, 6) is 2.49. The van der Waals surface area contributed by atoms with Gasteiger partial charge in [0.1, 0.15) is 11.6 Å². The lowest BCUT2D eigenvalue weighted by molar-refractivity contribution is 0.409. The summed E-state index contributed by atoms with van der Waals surface area (Å²) >= 11 is 3.60. The Morgan fingerprint density at radius 1 is 1.35 bits per heavy atom. The zero-order valence-corrected chi connectivity index (χ0v) is 12.2. The van der Waals surface area contributed by atoms with Gasteiger partial charge in [-0.2, -0.15) is 0 Å². The number of aromatic nitrogens is 2. The molecule has 2 rings (SSSR count). The van der Waals surface area contributed by atoms with Gasteiger partial charge in [0.15, 0.2) is 0 Å². The van der Waals surface area contributed by atoms with Crippen molar-refractivity contribution >= 4 is 21.7 Å². The van der Waals surface area contributed by atoms with Gasteiger partial charge in [-0.3, -0.25) is 0 Å². The molecule has 1 N–H and O–H groups in total. The smallest absolute Gasteiger partial charge is 0.144 e. The molecular weight excluding hydrogens is 280 g/mol. The van der Waals surface area contributed by atoms with Crippen LogP contribution in [-0.2, 0) is 6.42 Å². The molecule has 0 atom stereocenters. The molecule has 94 valence electrons. The number of rotatable bonds is 5. The summed E-state index contributed by atoms with van der Waals surface area (Å²) in [4.78, 5) is 11.4. The molecule has 1 fully saturated rings. The molecule has 0 unspecified atom stereocenters. The highest BCUT2D eigenvalue weighted by molar-refractivity contribution is 9.10. The maximum Gasteiger partial charge on any atom is 0.144 e. The maximum atomic E-state index is 4.69. The summed E-state index contributed by atoms with van der Waals surface area (Å²) in [7, 11) is 6.04. The van der Waals surface area contributed by atoms with Gasteiger partial charge in [0.25, 0.3) is 0 Å². The third-order valence-electron chi connectivity index (χ3n) is 2.91. The third-order valence-corrected chi connectivity index (χ3v) is 3.69. The zero-order valence-electron chi connectivity index (χ0n) is 10.6. The van der Waals surface area contributed by atoms with Gasteiger partial charge in [-0.05, 0) is 42.9 Å². The molecule has 1 aliphatic carbocycles. The second-order valence-electron chi connectivity index (χ2n) is 4.77. The molecule has 5 heteroatoms. The van der Waals surface area contributed by atoms with Crippen molar-refractivity contribution in [1.82, 2.24) is 14.9 Å². The average molecular weight is 299 g/mol. The van der Waals surface area contributed by atoms with Crippen LogP contribution in [0, 0.1) is 0 Å². The van der Waals surface area contributed by atoms with Crippen LogP contribution in [0.3, 0.4) is 0 Å². The van der Waals surface area contributed by atoms with Crippen molar-refractivity contribution in [3.63, 3.8) is 0 Å². The molecule has 4 nitrogen and oxygen atoms in total. The predicted octanol–water partition coefficient (Wildman–Crippen LogP) is 2.26. The van der Waals surface area contributed by atoms with E-state index in [1.807, 2.05) is 7.05 Å². The minimum absolute atomic E-state index is 0.637. The summed E-state index contributed by atoms with van der Waals surface area (Å²) in [5.41, 5.74) is 1.18. The summed E-state index contributed by atoms with van der Waals surface area (Å²) in [5, 5.41) is 3.13. The number of nitrogens with zero attached hydrogens (tertiary/aromatic N) is 3. The van der Waals surface area contributed by atoms with Crippen LogP contribution in [0.25, 0.3) is 0 Å². The molecular formula is C12H19BrN4. The van der Waals surface area contributed by atoms with Crippen LogP contribution in [-0.4, -0.2) is 42.6 Å². The molecule has 0 bridgehead atoms. The highest BCUT2D eigenvalue weighted by Crippen LogP contribution is 2.43. The van der Waals surface area contributed by atoms with E-state index in [2.05, 4.69) is 45.2 Å². The Bertz CT molecular complexity index is 402. The fraction of sp³-hybridized carbons (Fsp3) is 0.667. The molecule has 1 aliphatic rings. The summed E-state index contributed by atoms with van der Waals surface area (Å²) in [6.07, 6.45) is 3.41. The number of halogens is 1. The summed E-state index contributed by atoms with van der Waals surface area (Å²) < 4.78 is 1.04. The van der Waals surface area contributed by atoms with E-state index in [0.29, 0.717) is 5.92 Å². The molecule has 1 heterocycles. The molecule has 1 aromatic rings. The number of anilines is 1. The van der Waals surface area contributed by atoms with Gasteiger partial charge in [-0.15, -0.1) is 0 Å². The molecule has 17 heavy (non-hydrogen) atoms. The first-order valence-electron chi connectivity index (χ1n) is 6.00. The van der Waals surface area contributed by atoms with Crippen molar-refractivity contribution in [3.8, 4) is 0 Å². The van der Waals surface area contributed by atoms with Crippen LogP contribution in [0.5, 0.6) is 0 Å². The Hall–Kier alpha value is -0.680. The molecule has 0 radical (unpaired) electrons. The lowest BCUT2D eigenvalue weighted by Crippen LogP contribution is -2.17. The number of nitrogens with one attached hydrogen (secondary N) is 1. The van der Waals surface area contributed by atoms with Crippen molar-refractivity contribution in [1.29, 1.82) is 0 Å². The lowest BCUT2D eigenvalue weighted by Gasteiger charge is -2.12. The second-order valence-corrected chi connectivity index (χ2v) is 5.56. The van der Waals surface area contributed by atoms with Gasteiger partial charge < -0.3 is 10.2 Å². The normalized spacial score (nSPS) is 15.4. The lowest BCUT2D eigenvalue weighted by atomic mass is 10.2. The van der Waals surface area contributed by atoms with Gasteiger partial charge in [-0.25, -0.2) is 9.97 Å². The zero-order chi connectivity index (χ0) is 12.4. The first-order valence-corrected chi connectivity index (χ1v) is 6.80. The highest BCUT2D eigenvalue weighted by atomic mass is 79.9. The Labute approximate surface area is 111 Å². The SMILES string of the molecule is CNc1nc(CCN(C)C)nc(C2CC2)c1Br. The Balaban J connectivity index is 2.23. The van der Waals surface area contributed by atoms with Crippen molar-refractivity contribution in [2.45, 2.75) is 25.2 Å². The minimum atomic E-state index is 0.637. The van der Waals surface area contributed by atoms with Crippen molar-refractivity contribution < 1.29 is 0 Å². The van der Waals surface area contributed by atoms with Crippen LogP contribution in [0.1, 0.15) is 30.3 Å². The molecule has 0 saturated heterocycles. The molecule has 0 spiro atoms. The third kappa shape index (κ3) is 3.16. The van der Waals surface area contributed by atoms with Gasteiger partial charge in [0, 0.05) is 25.9 Å². The Morgan fingerprint density at radius 2 is 2.06 bits per heavy atom. The first kappa shape index (κ1) is 12.8. The Morgan fingerprint density at radius 3 is 2.59 bits per heavy atom. The fourth-order valence-corrected chi connectivity index (χ4v) is 2.44. The van der Waals surface area contributed by atoms with Gasteiger partial charge in [0.2, 0.25) is 0 Å². The van der Waals surface area contributed by atoms with Crippen LogP contribution in [0.15, 0.2) is 4.47 Å². The fourth-order valence-electron chi connectivity index (χ4n) is 1.74. The van der Waals surface area contributed by atoms with Crippen LogP contribution in [0.4, 0.5) is 5.82 Å². The maximum absolute atomic E-state index is 4.69. The molecule has 0 amide bonds. The number of likely N-dealkylation sites (N-methyl/N-ethyl adjacent to an activating group) is 1. The highest BCUT2D eigenvalue weighted by Gasteiger charge is 2.29. The number of hydrogen-bond donors (Lipinski definition) is 1. The van der Waals surface area contributed by atoms with Gasteiger partial charge in [0.05, 0.1) is 10.2 Å². The van der Waals surface area contributed by atoms with Crippen molar-refractivity contribution in [3.05, 3.63) is 16.0 Å². The Kier molecular flexibility index (Phi) is 3.99. The molecule has 1 saturated carbocycles. The van der Waals surface area contributed by atoms with E-state index in [4.69, 9.17) is 4.98 Å². The molecule has 1 aromatic heterocycles. The topological polar surface area (TPSA) is 41.1 Å². The van der Waals surface area contributed by atoms with Gasteiger partial charge in [-0.1, -0.05) is 0 Å². The summed E-state index contributed by atoms with van der Waals surface area (Å²) in [6, 6.07) is 0. The van der Waals surface area contributed by atoms with E-state index >= 15 is 0 Å². The minimum Gasteiger partial charge on any atom is -0.372 e. The summed E-state index contributed by atoms with van der Waals surface area (Å²) in [6.45, 7) is 0.981. The van der Waals surface area contributed by atoms with Crippen molar-refractivity contribution in [2.24, 2.45) is 0 Å². The van der Waals surface area contributed by atoms with E-state index in [1.54, 1.807) is 0 Å². The van der Waals surface area contributed by atoms with E-state index in [9.17, 15) is 0 Å². The van der Waals surface area contributed by atoms with Crippen LogP contribution >= 0.6 is 15.9 Å². The largest absolute Gasteiger partial charge is 0.372 e. The van der Waals surface area contributed by atoms with E-state index < -0.39 is 0 Å². The first-order chi connectivity index (χ1) is 8.11. The van der Waals surface area contributed by atoms with Gasteiger partial charge >= 0.3 is 0 Å². The predicted molar refractivity (Wildman–Crippen MR) is 73.5 cm³/mol. The molecule has 0 aliphatic heterocycles. The molecule has 0 aromatic carbocycles. The second kappa shape index (κ2) is 5.31. The van der Waals surface area contributed by atoms with Crippen LogP contribution < -0.4 is 5.32 Å². The van der Waals surface area contributed by atoms with Crippen molar-refractivity contribution in [2.75, 3.05) is 33.0 Å². The standard InChI is InChI=1S/C12H19BrN4/c1-14-12-10(13)11(8-4-5-8)15-9(16-12)6-7-17(2)3/h8H,4-7H2,1-3H3,(H,14,15,16). The van der Waals surface area contributed by atoms with E-state index in [1.165, 1.54) is 18.5 Å². The number of hydrogen-bond acceptors (Lipinski definition) is 4. The van der Waals surface area contributed by atoms with E-state index in [0.717, 1.165) is 29.1 Å². The van der Waals surface area contributed by atoms with Crippen LogP contribution in [0.2, 0.25) is 0 Å². The van der Waals surface area contributed by atoms with E-state index in [-0.39, 0.29) is 0 Å². The monoisotopic (exact) mass is 298 g/mol. The quantitative estimate of drug-likeness (QED) is 0.905.